The van der Waals surface area contributed by atoms with E-state index in [1.165, 1.54) is 4.90 Å². The van der Waals surface area contributed by atoms with E-state index in [2.05, 4.69) is 0 Å². The third kappa shape index (κ3) is 4.20. The second-order valence-electron chi connectivity index (χ2n) is 9.41. The molecule has 2 heterocycles. The van der Waals surface area contributed by atoms with E-state index in [0.717, 1.165) is 28.5 Å². The number of benzene rings is 3. The number of carbonyl (C=O) groups is 2. The molecule has 194 valence electrons. The Kier molecular flexibility index (Phi) is 6.68. The van der Waals surface area contributed by atoms with E-state index in [0.29, 0.717) is 29.4 Å². The highest BCUT2D eigenvalue weighted by Gasteiger charge is 2.48. The van der Waals surface area contributed by atoms with Crippen molar-refractivity contribution < 1.29 is 24.2 Å². The molecule has 1 fully saturated rings. The summed E-state index contributed by atoms with van der Waals surface area (Å²) in [5.41, 5.74) is 3.50. The van der Waals surface area contributed by atoms with Crippen LogP contribution in [0.4, 0.5) is 5.69 Å². The summed E-state index contributed by atoms with van der Waals surface area (Å²) in [6.07, 6.45) is 2.79. The number of Topliss-reactive ketones (excluding diaryl/α,β-unsaturated/α-hetero) is 1. The molecule has 1 amide bonds. The number of aromatic nitrogens is 1. The number of para-hydroxylation sites is 1. The highest BCUT2D eigenvalue weighted by molar-refractivity contribution is 6.52. The largest absolute Gasteiger partial charge is 0.507 e. The van der Waals surface area contributed by atoms with Crippen molar-refractivity contribution in [2.75, 3.05) is 18.6 Å². The monoisotopic (exact) mass is 510 g/mol. The van der Waals surface area contributed by atoms with E-state index >= 15 is 0 Å². The first-order valence-electron chi connectivity index (χ1n) is 12.6. The lowest BCUT2D eigenvalue weighted by atomic mass is 9.94. The molecule has 0 bridgehead atoms. The Morgan fingerprint density at radius 1 is 1.03 bits per heavy atom. The van der Waals surface area contributed by atoms with E-state index in [1.807, 2.05) is 55.9 Å². The van der Waals surface area contributed by atoms with Crippen molar-refractivity contribution in [3.05, 3.63) is 95.2 Å². The van der Waals surface area contributed by atoms with Gasteiger partial charge in [-0.25, -0.2) is 0 Å². The normalized spacial score (nSPS) is 16.8. The lowest BCUT2D eigenvalue weighted by Crippen LogP contribution is -2.29. The summed E-state index contributed by atoms with van der Waals surface area (Å²) < 4.78 is 13.1. The van der Waals surface area contributed by atoms with Gasteiger partial charge in [0, 0.05) is 47.0 Å². The number of hydrogen-bond donors (Lipinski definition) is 1. The number of amides is 1. The van der Waals surface area contributed by atoms with Crippen molar-refractivity contribution in [2.24, 2.45) is 7.05 Å². The number of aliphatic hydroxyl groups is 1. The number of ether oxygens (including phenoxy) is 2. The van der Waals surface area contributed by atoms with E-state index in [1.54, 1.807) is 49.6 Å². The lowest BCUT2D eigenvalue weighted by molar-refractivity contribution is -0.132. The van der Waals surface area contributed by atoms with Gasteiger partial charge in [-0.3, -0.25) is 14.5 Å². The highest BCUT2D eigenvalue weighted by Crippen LogP contribution is 2.45. The molecule has 7 heteroatoms. The van der Waals surface area contributed by atoms with Gasteiger partial charge in [0.2, 0.25) is 0 Å². The number of aliphatic hydroxyl groups excluding tert-OH is 1. The van der Waals surface area contributed by atoms with Gasteiger partial charge in [-0.15, -0.1) is 0 Å². The summed E-state index contributed by atoms with van der Waals surface area (Å²) in [5, 5.41) is 12.5. The summed E-state index contributed by atoms with van der Waals surface area (Å²) >= 11 is 0. The average Bonchev–Trinajstić information content (AvgIpc) is 3.40. The average molecular weight is 511 g/mol. The maximum atomic E-state index is 13.6. The zero-order valence-electron chi connectivity index (χ0n) is 21.9. The van der Waals surface area contributed by atoms with Crippen molar-refractivity contribution in [3.8, 4) is 11.5 Å². The van der Waals surface area contributed by atoms with Crippen LogP contribution < -0.4 is 14.4 Å². The van der Waals surface area contributed by atoms with Crippen LogP contribution in [0.3, 0.4) is 0 Å². The fourth-order valence-electron chi connectivity index (χ4n) is 5.07. The molecule has 1 saturated heterocycles. The number of aryl methyl sites for hydroxylation is 2. The zero-order chi connectivity index (χ0) is 27.0. The van der Waals surface area contributed by atoms with Crippen LogP contribution in [0.1, 0.15) is 36.1 Å². The molecule has 0 radical (unpaired) electrons. The molecule has 1 N–H and O–H groups in total. The number of rotatable bonds is 7. The molecule has 38 heavy (non-hydrogen) atoms. The molecular formula is C31H30N2O5. The van der Waals surface area contributed by atoms with Crippen LogP contribution in [0.15, 0.2) is 78.5 Å². The molecule has 4 aromatic rings. The van der Waals surface area contributed by atoms with Gasteiger partial charge in [0.15, 0.2) is 0 Å². The molecule has 5 rings (SSSR count). The third-order valence-corrected chi connectivity index (χ3v) is 6.91. The number of fused-ring (bicyclic) bond motifs is 1. The lowest BCUT2D eigenvalue weighted by Gasteiger charge is -2.25. The van der Waals surface area contributed by atoms with Gasteiger partial charge in [-0.05, 0) is 55.3 Å². The molecule has 3 aromatic carbocycles. The predicted octanol–water partition coefficient (Wildman–Crippen LogP) is 5.91. The smallest absolute Gasteiger partial charge is 0.300 e. The summed E-state index contributed by atoms with van der Waals surface area (Å²) in [6, 6.07) is 19.3. The van der Waals surface area contributed by atoms with Crippen molar-refractivity contribution in [3.63, 3.8) is 0 Å². The summed E-state index contributed by atoms with van der Waals surface area (Å²) in [6.45, 7) is 4.50. The maximum Gasteiger partial charge on any atom is 0.300 e. The number of carbonyl (C=O) groups excluding carboxylic acids is 2. The van der Waals surface area contributed by atoms with E-state index in [9.17, 15) is 14.7 Å². The molecule has 0 saturated carbocycles. The van der Waals surface area contributed by atoms with Crippen molar-refractivity contribution in [1.82, 2.24) is 4.57 Å². The van der Waals surface area contributed by atoms with Crippen LogP contribution in [0.25, 0.3) is 16.7 Å². The summed E-state index contributed by atoms with van der Waals surface area (Å²) in [7, 11) is 3.47. The standard InChI is InChI=1S/C31H30N2O5/c1-5-15-38-26-14-13-20(16-19(26)2)29(34)27-28(24-18-32(3)25-12-7-6-11-23(24)25)33(31(36)30(27)35)21-9-8-10-22(17-21)37-4/h6-14,16-18,28,34H,5,15H2,1-4H3/b29-27+. The predicted molar refractivity (Wildman–Crippen MR) is 148 cm³/mol. The van der Waals surface area contributed by atoms with Gasteiger partial charge in [0.25, 0.3) is 11.7 Å². The third-order valence-electron chi connectivity index (χ3n) is 6.91. The minimum Gasteiger partial charge on any atom is -0.507 e. The van der Waals surface area contributed by atoms with Crippen molar-refractivity contribution in [1.29, 1.82) is 0 Å². The topological polar surface area (TPSA) is 81.0 Å². The minimum absolute atomic E-state index is 0.0378. The van der Waals surface area contributed by atoms with Crippen molar-refractivity contribution in [2.45, 2.75) is 26.3 Å². The number of nitrogens with zero attached hydrogens (tertiary/aromatic N) is 2. The summed E-state index contributed by atoms with van der Waals surface area (Å²) in [4.78, 5) is 28.6. The minimum atomic E-state index is -0.843. The molecule has 0 spiro atoms. The number of ketones is 1. The highest BCUT2D eigenvalue weighted by atomic mass is 16.5. The first-order valence-corrected chi connectivity index (χ1v) is 12.6. The molecular weight excluding hydrogens is 480 g/mol. The van der Waals surface area contributed by atoms with Crippen LogP contribution in [-0.4, -0.2) is 35.1 Å². The molecule has 1 unspecified atom stereocenters. The second-order valence-corrected chi connectivity index (χ2v) is 9.41. The first-order chi connectivity index (χ1) is 18.3. The Labute approximate surface area is 221 Å². The quantitative estimate of drug-likeness (QED) is 0.190. The van der Waals surface area contributed by atoms with Crippen LogP contribution in [0.5, 0.6) is 11.5 Å². The van der Waals surface area contributed by atoms with Crippen LogP contribution in [-0.2, 0) is 16.6 Å². The molecule has 1 aromatic heterocycles. The van der Waals surface area contributed by atoms with E-state index in [-0.39, 0.29) is 11.3 Å². The Bertz CT molecular complexity index is 1580. The van der Waals surface area contributed by atoms with Crippen LogP contribution in [0, 0.1) is 6.92 Å². The zero-order valence-corrected chi connectivity index (χ0v) is 21.9. The molecule has 0 aliphatic carbocycles. The van der Waals surface area contributed by atoms with E-state index < -0.39 is 17.7 Å². The first kappa shape index (κ1) is 25.1. The van der Waals surface area contributed by atoms with Gasteiger partial charge < -0.3 is 19.1 Å². The fourth-order valence-corrected chi connectivity index (χ4v) is 5.07. The molecule has 7 nitrogen and oxygen atoms in total. The summed E-state index contributed by atoms with van der Waals surface area (Å²) in [5.74, 6) is -0.411. The van der Waals surface area contributed by atoms with Gasteiger partial charge in [0.05, 0.1) is 25.3 Å². The van der Waals surface area contributed by atoms with Gasteiger partial charge in [0.1, 0.15) is 17.3 Å². The number of anilines is 1. The van der Waals surface area contributed by atoms with Crippen molar-refractivity contribution >= 4 is 34.0 Å². The molecule has 1 aliphatic rings. The van der Waals surface area contributed by atoms with Gasteiger partial charge >= 0.3 is 0 Å². The Morgan fingerprint density at radius 2 is 1.82 bits per heavy atom. The fraction of sp³-hybridized carbons (Fsp3) is 0.226. The van der Waals surface area contributed by atoms with E-state index in [4.69, 9.17) is 9.47 Å². The SMILES string of the molecule is CCCOc1ccc(/C(O)=C2\C(=O)C(=O)N(c3cccc(OC)c3)C2c2cn(C)c3ccccc23)cc1C. The molecule has 1 aliphatic heterocycles. The molecule has 1 atom stereocenters. The van der Waals surface area contributed by atoms with Gasteiger partial charge in [-0.2, -0.15) is 0 Å². The van der Waals surface area contributed by atoms with Gasteiger partial charge in [-0.1, -0.05) is 31.2 Å². The number of hydrogen-bond acceptors (Lipinski definition) is 5. The van der Waals surface area contributed by atoms with Crippen LogP contribution >= 0.6 is 0 Å². The second kappa shape index (κ2) is 10.1. The number of methoxy groups -OCH3 is 1. The Hall–Kier alpha value is -4.52. The Balaban J connectivity index is 1.73. The Morgan fingerprint density at radius 3 is 2.55 bits per heavy atom. The maximum absolute atomic E-state index is 13.6. The van der Waals surface area contributed by atoms with Crippen LogP contribution in [0.2, 0.25) is 0 Å².